The molecule has 0 radical (unpaired) electrons. The number of aromatic nitrogens is 3. The number of aryl methyl sites for hydroxylation is 1. The van der Waals surface area contributed by atoms with Crippen molar-refractivity contribution in [3.63, 3.8) is 0 Å². The van der Waals surface area contributed by atoms with Crippen LogP contribution >= 0.6 is 0 Å². The molecule has 3 aromatic carbocycles. The Morgan fingerprint density at radius 2 is 1.81 bits per heavy atom. The molecule has 0 atom stereocenters. The smallest absolute Gasteiger partial charge is 0.143 e. The Kier molecular flexibility index (Phi) is 2.44. The molecule has 21 heavy (non-hydrogen) atoms. The molecule has 0 aliphatic rings. The first kappa shape index (κ1) is 11.9. The second-order valence-corrected chi connectivity index (χ2v) is 5.14. The van der Waals surface area contributed by atoms with Gasteiger partial charge < -0.3 is 5.11 Å². The van der Waals surface area contributed by atoms with Crippen LogP contribution in [0.1, 0.15) is 5.56 Å². The van der Waals surface area contributed by atoms with Gasteiger partial charge in [-0.15, -0.1) is 15.0 Å². The molecular formula is C17H13N3O. The third-order valence-electron chi connectivity index (χ3n) is 3.62. The second kappa shape index (κ2) is 4.31. The van der Waals surface area contributed by atoms with E-state index in [4.69, 9.17) is 0 Å². The average molecular weight is 275 g/mol. The van der Waals surface area contributed by atoms with Crippen molar-refractivity contribution in [2.75, 3.05) is 0 Å². The highest BCUT2D eigenvalue weighted by atomic mass is 16.3. The predicted molar refractivity (Wildman–Crippen MR) is 82.8 cm³/mol. The van der Waals surface area contributed by atoms with E-state index in [1.165, 1.54) is 4.80 Å². The SMILES string of the molecule is Cc1ccc(O)c(-n2nc3ccc4ccccc4c3n2)c1. The number of phenolic OH excluding ortho intramolecular Hbond substituents is 1. The minimum atomic E-state index is 0.171. The van der Waals surface area contributed by atoms with Crippen molar-refractivity contribution in [1.82, 2.24) is 15.0 Å². The fourth-order valence-corrected chi connectivity index (χ4v) is 2.55. The zero-order chi connectivity index (χ0) is 14.4. The van der Waals surface area contributed by atoms with Gasteiger partial charge in [-0.25, -0.2) is 0 Å². The van der Waals surface area contributed by atoms with E-state index in [1.54, 1.807) is 6.07 Å². The summed E-state index contributed by atoms with van der Waals surface area (Å²) in [6, 6.07) is 17.5. The van der Waals surface area contributed by atoms with Crippen LogP contribution in [-0.4, -0.2) is 20.1 Å². The molecule has 4 rings (SSSR count). The van der Waals surface area contributed by atoms with Crippen molar-refractivity contribution < 1.29 is 5.11 Å². The minimum absolute atomic E-state index is 0.171. The molecule has 0 spiro atoms. The normalized spacial score (nSPS) is 11.3. The molecule has 1 heterocycles. The molecule has 0 aliphatic carbocycles. The number of hydrogen-bond donors (Lipinski definition) is 1. The third kappa shape index (κ3) is 1.84. The van der Waals surface area contributed by atoms with E-state index in [0.717, 1.165) is 27.4 Å². The molecule has 4 heteroatoms. The summed E-state index contributed by atoms with van der Waals surface area (Å²) in [5.74, 6) is 0.171. The Morgan fingerprint density at radius 1 is 0.952 bits per heavy atom. The molecule has 0 saturated heterocycles. The summed E-state index contributed by atoms with van der Waals surface area (Å²) in [6.07, 6.45) is 0. The largest absolute Gasteiger partial charge is 0.506 e. The molecule has 0 fully saturated rings. The highest BCUT2D eigenvalue weighted by Gasteiger charge is 2.11. The quantitative estimate of drug-likeness (QED) is 0.577. The number of rotatable bonds is 1. The lowest BCUT2D eigenvalue weighted by Crippen LogP contribution is -1.99. The van der Waals surface area contributed by atoms with E-state index in [0.29, 0.717) is 5.69 Å². The number of aromatic hydroxyl groups is 1. The lowest BCUT2D eigenvalue weighted by atomic mass is 10.1. The van der Waals surface area contributed by atoms with Crippen LogP contribution in [0.25, 0.3) is 27.5 Å². The topological polar surface area (TPSA) is 50.9 Å². The monoisotopic (exact) mass is 275 g/mol. The number of hydrogen-bond acceptors (Lipinski definition) is 3. The predicted octanol–water partition coefficient (Wildman–Crippen LogP) is 3.59. The zero-order valence-electron chi connectivity index (χ0n) is 11.5. The highest BCUT2D eigenvalue weighted by molar-refractivity contribution is 6.03. The lowest BCUT2D eigenvalue weighted by Gasteiger charge is -2.03. The van der Waals surface area contributed by atoms with E-state index in [9.17, 15) is 5.11 Å². The van der Waals surface area contributed by atoms with Gasteiger partial charge in [-0.3, -0.25) is 0 Å². The van der Waals surface area contributed by atoms with Gasteiger partial charge >= 0.3 is 0 Å². The maximum Gasteiger partial charge on any atom is 0.143 e. The summed E-state index contributed by atoms with van der Waals surface area (Å²) in [7, 11) is 0. The molecule has 4 nitrogen and oxygen atoms in total. The van der Waals surface area contributed by atoms with E-state index < -0.39 is 0 Å². The Bertz CT molecular complexity index is 972. The number of phenols is 1. The van der Waals surface area contributed by atoms with Crippen LogP contribution in [0.15, 0.2) is 54.6 Å². The van der Waals surface area contributed by atoms with E-state index in [-0.39, 0.29) is 5.75 Å². The molecular weight excluding hydrogens is 262 g/mol. The summed E-state index contributed by atoms with van der Waals surface area (Å²) in [6.45, 7) is 1.97. The summed E-state index contributed by atoms with van der Waals surface area (Å²) < 4.78 is 0. The van der Waals surface area contributed by atoms with Crippen LogP contribution < -0.4 is 0 Å². The van der Waals surface area contributed by atoms with Crippen LogP contribution in [0.3, 0.4) is 0 Å². The lowest BCUT2D eigenvalue weighted by molar-refractivity contribution is 0.467. The first-order valence-corrected chi connectivity index (χ1v) is 6.77. The van der Waals surface area contributed by atoms with Gasteiger partial charge in [0.25, 0.3) is 0 Å². The maximum atomic E-state index is 10.0. The van der Waals surface area contributed by atoms with Crippen molar-refractivity contribution in [2.24, 2.45) is 0 Å². The van der Waals surface area contributed by atoms with Crippen LogP contribution in [-0.2, 0) is 0 Å². The summed E-state index contributed by atoms with van der Waals surface area (Å²) in [5.41, 5.74) is 3.30. The van der Waals surface area contributed by atoms with E-state index >= 15 is 0 Å². The molecule has 0 saturated carbocycles. The zero-order valence-corrected chi connectivity index (χ0v) is 11.5. The van der Waals surface area contributed by atoms with E-state index in [1.807, 2.05) is 49.4 Å². The Balaban J connectivity index is 2.03. The number of fused-ring (bicyclic) bond motifs is 3. The van der Waals surface area contributed by atoms with Crippen LogP contribution in [0.2, 0.25) is 0 Å². The summed E-state index contributed by atoms with van der Waals surface area (Å²) >= 11 is 0. The van der Waals surface area contributed by atoms with Gasteiger partial charge in [0.2, 0.25) is 0 Å². The van der Waals surface area contributed by atoms with Crippen molar-refractivity contribution in [1.29, 1.82) is 0 Å². The fourth-order valence-electron chi connectivity index (χ4n) is 2.55. The Hall–Kier alpha value is -2.88. The standard InChI is InChI=1S/C17H13N3O/c1-11-6-9-16(21)15(10-11)20-18-14-8-7-12-4-2-3-5-13(12)17(14)19-20/h2-10,21H,1H3. The van der Waals surface area contributed by atoms with Crippen molar-refractivity contribution in [3.05, 3.63) is 60.2 Å². The van der Waals surface area contributed by atoms with Gasteiger partial charge in [0.15, 0.2) is 0 Å². The van der Waals surface area contributed by atoms with E-state index in [2.05, 4.69) is 16.3 Å². The van der Waals surface area contributed by atoms with Crippen LogP contribution in [0, 0.1) is 6.92 Å². The Labute approximate surface area is 121 Å². The van der Waals surface area contributed by atoms with Gasteiger partial charge in [0.1, 0.15) is 22.5 Å². The molecule has 4 aromatic rings. The molecule has 1 aromatic heterocycles. The fraction of sp³-hybridized carbons (Fsp3) is 0.0588. The van der Waals surface area contributed by atoms with Crippen LogP contribution in [0.5, 0.6) is 5.75 Å². The first-order chi connectivity index (χ1) is 10.2. The van der Waals surface area contributed by atoms with Gasteiger partial charge in [-0.1, -0.05) is 36.4 Å². The Morgan fingerprint density at radius 3 is 2.71 bits per heavy atom. The highest BCUT2D eigenvalue weighted by Crippen LogP contribution is 2.26. The maximum absolute atomic E-state index is 10.0. The van der Waals surface area contributed by atoms with Gasteiger partial charge in [0, 0.05) is 5.39 Å². The van der Waals surface area contributed by atoms with Crippen LogP contribution in [0.4, 0.5) is 0 Å². The number of benzene rings is 3. The van der Waals surface area contributed by atoms with Gasteiger partial charge in [-0.05, 0) is 36.1 Å². The number of nitrogens with zero attached hydrogens (tertiary/aromatic N) is 3. The molecule has 0 bridgehead atoms. The molecule has 0 aliphatic heterocycles. The average Bonchev–Trinajstić information content (AvgIpc) is 2.94. The summed E-state index contributed by atoms with van der Waals surface area (Å²) in [4.78, 5) is 1.50. The van der Waals surface area contributed by atoms with Crippen molar-refractivity contribution in [2.45, 2.75) is 6.92 Å². The summed E-state index contributed by atoms with van der Waals surface area (Å²) in [5, 5.41) is 21.3. The van der Waals surface area contributed by atoms with Crippen molar-refractivity contribution in [3.8, 4) is 11.4 Å². The third-order valence-corrected chi connectivity index (χ3v) is 3.62. The molecule has 102 valence electrons. The molecule has 1 N–H and O–H groups in total. The first-order valence-electron chi connectivity index (χ1n) is 6.77. The van der Waals surface area contributed by atoms with Gasteiger partial charge in [0.05, 0.1) is 0 Å². The minimum Gasteiger partial charge on any atom is -0.506 e. The molecule has 0 unspecified atom stereocenters. The second-order valence-electron chi connectivity index (χ2n) is 5.14. The molecule has 0 amide bonds. The van der Waals surface area contributed by atoms with Gasteiger partial charge in [-0.2, -0.15) is 0 Å². The van der Waals surface area contributed by atoms with Crippen molar-refractivity contribution >= 4 is 21.8 Å².